The van der Waals surface area contributed by atoms with E-state index in [1.165, 1.54) is 72.2 Å². The molecule has 12 aromatic rings. The Morgan fingerprint density at radius 2 is 0.633 bits per heavy atom. The summed E-state index contributed by atoms with van der Waals surface area (Å²) in [5.74, 6) is -1.00. The number of hydrogen-bond donors (Lipinski definition) is 10. The van der Waals surface area contributed by atoms with Crippen LogP contribution in [0.5, 0.6) is 0 Å². The number of aryl methyl sites for hydroxylation is 2. The lowest BCUT2D eigenvalue weighted by atomic mass is 10.1. The average molecular weight is 2360 g/mol. The maximum atomic E-state index is 15.2. The van der Waals surface area contributed by atoms with Crippen LogP contribution < -0.4 is 97.4 Å². The molecule has 19 rings (SSSR count). The van der Waals surface area contributed by atoms with Gasteiger partial charge in [-0.05, 0) is 20.3 Å². The second-order valence-electron chi connectivity index (χ2n) is 34.5. The summed E-state index contributed by atoms with van der Waals surface area (Å²) < 4.78 is 151. The molecule has 28 atom stereocenters. The van der Waals surface area contributed by atoms with Gasteiger partial charge in [0, 0.05) is 75.6 Å². The van der Waals surface area contributed by atoms with Crippen molar-refractivity contribution in [1.29, 1.82) is 0 Å². The Bertz CT molecular complexity index is 7950. The first-order chi connectivity index (χ1) is 71.0. The number of nitrogens with zero attached hydrogens (tertiary/aromatic N) is 20. The number of fused-ring (bicyclic) bond motifs is 5. The number of aromatic nitrogens is 24. The summed E-state index contributed by atoms with van der Waals surface area (Å²) in [6.07, 6.45) is -18.6. The van der Waals surface area contributed by atoms with Crippen molar-refractivity contribution < 1.29 is 130 Å². The number of H-pyrrole nitrogens is 4. The van der Waals surface area contributed by atoms with E-state index in [9.17, 15) is 52.9 Å². The quantitative estimate of drug-likeness (QED) is 0.0135. The SMILES string of the molecule is CC[C@H]1O[C@@H](n2cc(C)c(N)nc2=O)CC1OP([O-])(=S)OC[C@H]1O[C@@H](n2cnc3c(N)ncnc32)CC1OP(=O)([S-])OC[C@H]1O[C@@H](n2cnc3c(=O)[nH]c(N)nc32)CC1OP([O-])(=S)OC[C@H]1O[C@@H](n2cnc3c(=O)[nH]c(N)nc32)CC1OP([O-])(=S)OC[C@H]1O[C@@H](n2cnc3c(=O)[nH]c(N)nc32)CC1OP([O-])(=S)OC[C@H]1O[C@@H](n2cc(C)c(=O)[nH]c2=O)CC1OP([O-])(=S)OC[C@H]1O[C@@H](n2cnc3c(N)ncnc32)CC1OP([O-])(=S)OC. The van der Waals surface area contributed by atoms with Crippen molar-refractivity contribution in [3.05, 3.63) is 130 Å². The van der Waals surface area contributed by atoms with Crippen molar-refractivity contribution in [2.45, 2.75) is 201 Å². The standard InChI is InChI=1S/C72H93N30O34P7S7/c1-5-30-31(6-44(123-30)96-13-28(2)56(73)88-71(96)107)131-138(110,145)117-17-40-34(9-47(126-40)99-24-84-52-58(75)80-22-82-60(52)99)133-141(113,148)120-18-41-36(11-49(127-41)101-26-86-54-62(101)90-69(77)93-66(54)105)135-143(115,150)122-20-43-37(12-50(129-43)102-27-87-55-63(102)91-70(78)94-67(55)106)136-142(114,149)121-19-42-35(10-48(128-42)100-25-85-53-61(100)89-68(76)92-65(53)104)134-140(112,147)119-16-39-33(7-45(124-39)97-14-29(3)64(103)95-72(97)108)132-139(111,146)118-15-38-32(130-137(109,144)116-4)8-46(125-38)98-23-83-51-57(74)79-21-81-59(51)98/h13-14,21-27,30-50H,5-12,15-20H2,1-4H3,(H,109,144)(H,110,145)(H,111,146)(H,112,147)(H,113,148)(H,114,149)(H,115,150)(H2,73,88,107)(H2,74,79,81)(H2,75,80,82)(H,95,103,108)(H3,76,89,92,104)(H3,77,90,93,105)(H3,78,91,94,106)/p-7/t30-,31?,32?,33?,34?,35?,36?,37?,38-,39-,40-,41-,42-,43-,44-,45-,46-,47-,48-,49-,50-,137?,138?,139?,140?,141?,142?,143?/m1/s1. The van der Waals surface area contributed by atoms with Gasteiger partial charge in [0.05, 0.1) is 120 Å². The zero-order chi connectivity index (χ0) is 107. The molecule has 78 heteroatoms. The van der Waals surface area contributed by atoms with Gasteiger partial charge in [-0.3, -0.25) is 75.6 Å². The van der Waals surface area contributed by atoms with Gasteiger partial charge in [0.1, 0.15) is 150 Å². The topological polar surface area (TPSA) is 873 Å². The molecule has 16 N–H and O–H groups in total. The number of rotatable bonds is 41. The molecule has 0 amide bonds. The molecule has 7 aliphatic heterocycles. The molecular formula is C72H86N30O34P7S7-7. The maximum Gasteiger partial charge on any atom is 0.351 e. The first-order valence-corrected chi connectivity index (χ1v) is 62.5. The molecule has 150 heavy (non-hydrogen) atoms. The average Bonchev–Trinajstić information content (AvgIpc) is 1.63. The minimum atomic E-state index is -5.08. The van der Waals surface area contributed by atoms with Gasteiger partial charge in [-0.25, -0.2) is 54.4 Å². The van der Waals surface area contributed by atoms with E-state index in [4.69, 9.17) is 214 Å². The Morgan fingerprint density at radius 1 is 0.353 bits per heavy atom. The number of ether oxygens (including phenoxy) is 7. The summed E-state index contributed by atoms with van der Waals surface area (Å²) in [6, 6.07) is 0. The Morgan fingerprint density at radius 3 is 0.967 bits per heavy atom. The van der Waals surface area contributed by atoms with Gasteiger partial charge in [-0.15, -0.1) is 0 Å². The Hall–Kier alpha value is -8.09. The third kappa shape index (κ3) is 24.4. The zero-order valence-corrected chi connectivity index (χ0v) is 89.5. The summed E-state index contributed by atoms with van der Waals surface area (Å²) in [4.78, 5) is 229. The fourth-order valence-corrected chi connectivity index (χ4v) is 27.4. The number of imidazole rings is 5. The van der Waals surface area contributed by atoms with Crippen LogP contribution in [0.15, 0.2) is 85.5 Å². The second-order valence-corrected chi connectivity index (χ2v) is 53.6. The van der Waals surface area contributed by atoms with Crippen LogP contribution in [-0.4, -0.2) is 249 Å². The summed E-state index contributed by atoms with van der Waals surface area (Å²) >= 11 is 38.4. The van der Waals surface area contributed by atoms with Gasteiger partial charge in [0.15, 0.2) is 63.2 Å². The molecule has 0 radical (unpaired) electrons. The van der Waals surface area contributed by atoms with Crippen LogP contribution in [-0.2, 0) is 184 Å². The number of nitrogen functional groups attached to an aromatic ring is 6. The lowest BCUT2D eigenvalue weighted by Gasteiger charge is -2.36. The predicted octanol–water partition coefficient (Wildman–Crippen LogP) is -2.99. The van der Waals surface area contributed by atoms with Crippen molar-refractivity contribution >= 4 is 221 Å². The first kappa shape index (κ1) is 110. The van der Waals surface area contributed by atoms with Crippen molar-refractivity contribution in [2.75, 3.05) is 81.2 Å². The van der Waals surface area contributed by atoms with E-state index in [1.54, 1.807) is 13.8 Å². The molecule has 7 aliphatic rings. The Balaban J connectivity index is 0.550. The summed E-state index contributed by atoms with van der Waals surface area (Å²) in [5.41, 5.74) is 31.6. The Labute approximate surface area is 875 Å². The van der Waals surface area contributed by atoms with Gasteiger partial charge in [0.2, 0.25) is 17.8 Å². The van der Waals surface area contributed by atoms with Crippen molar-refractivity contribution in [3.8, 4) is 0 Å². The monoisotopic (exact) mass is 2360 g/mol. The van der Waals surface area contributed by atoms with Crippen LogP contribution in [0.3, 0.4) is 0 Å². The number of hydrogen-bond acceptors (Lipinski definition) is 60. The highest BCUT2D eigenvalue weighted by Crippen LogP contribution is 2.57. The van der Waals surface area contributed by atoms with Crippen LogP contribution >= 0.6 is 47.1 Å². The molecule has 12 aromatic heterocycles. The van der Waals surface area contributed by atoms with E-state index in [2.05, 4.69) is 84.7 Å². The normalized spacial score (nSPS) is 29.1. The largest absolute Gasteiger partial charge is 0.780 e. The highest BCUT2D eigenvalue weighted by atomic mass is 32.7. The minimum Gasteiger partial charge on any atom is -0.780 e. The molecule has 0 spiro atoms. The van der Waals surface area contributed by atoms with Crippen LogP contribution in [0, 0.1) is 13.8 Å². The summed E-state index contributed by atoms with van der Waals surface area (Å²) in [6.45, 7) is -33.9. The molecule has 14 unspecified atom stereocenters. The molecular weight excluding hydrogens is 2270 g/mol. The Kier molecular flexibility index (Phi) is 32.2. The number of nitrogens with one attached hydrogen (secondary N) is 4. The molecule has 7 saturated heterocycles. The summed E-state index contributed by atoms with van der Waals surface area (Å²) in [5, 5.41) is 0. The van der Waals surface area contributed by atoms with Gasteiger partial charge < -0.3 is 173 Å². The van der Waals surface area contributed by atoms with E-state index in [-0.39, 0.29) is 122 Å². The highest BCUT2D eigenvalue weighted by molar-refractivity contribution is 8.32. The van der Waals surface area contributed by atoms with Crippen LogP contribution in [0.25, 0.3) is 55.8 Å². The third-order valence-electron chi connectivity index (χ3n) is 24.7. The lowest BCUT2D eigenvalue weighted by Crippen LogP contribution is -2.34. The molecule has 0 saturated carbocycles. The molecule has 0 aliphatic carbocycles. The molecule has 0 bridgehead atoms. The number of aromatic amines is 4. The second kappa shape index (κ2) is 43.8. The predicted molar refractivity (Wildman–Crippen MR) is 528 cm³/mol. The molecule has 19 heterocycles. The van der Waals surface area contributed by atoms with E-state index in [1.807, 2.05) is 0 Å². The van der Waals surface area contributed by atoms with Gasteiger partial charge in [0.25, 0.3) is 22.2 Å². The number of nitrogens with two attached hydrogens (primary N) is 6. The zero-order valence-electron chi connectivity index (χ0n) is 77.5. The molecule has 0 aromatic carbocycles. The van der Waals surface area contributed by atoms with Gasteiger partial charge >= 0.3 is 11.4 Å². The van der Waals surface area contributed by atoms with Crippen LogP contribution in [0.4, 0.5) is 35.3 Å². The van der Waals surface area contributed by atoms with E-state index in [0.717, 1.165) is 30.5 Å². The van der Waals surface area contributed by atoms with Crippen molar-refractivity contribution in [1.82, 2.24) is 117 Å². The maximum absolute atomic E-state index is 15.2. The third-order valence-corrected chi connectivity index (χ3v) is 35.8. The van der Waals surface area contributed by atoms with E-state index in [0.29, 0.717) is 12.0 Å². The fourth-order valence-electron chi connectivity index (χ4n) is 17.7. The van der Waals surface area contributed by atoms with Crippen LogP contribution in [0.1, 0.15) is 113 Å². The van der Waals surface area contributed by atoms with Crippen molar-refractivity contribution in [3.63, 3.8) is 0 Å². The molecule has 7 fully saturated rings. The fraction of sp³-hybridized carbons (Fsp3) is 0.542. The van der Waals surface area contributed by atoms with Gasteiger partial charge in [-0.1, -0.05) is 77.8 Å². The molecule has 812 valence electrons. The highest BCUT2D eigenvalue weighted by Gasteiger charge is 2.50. The van der Waals surface area contributed by atoms with E-state index >= 15 is 9.79 Å². The minimum absolute atomic E-state index is 0.00749. The molecule has 64 nitrogen and oxygen atoms in total. The number of anilines is 6. The lowest BCUT2D eigenvalue weighted by molar-refractivity contribution is -0.221. The first-order valence-electron chi connectivity index (χ1n) is 44.7. The van der Waals surface area contributed by atoms with Crippen LogP contribution in [0.2, 0.25) is 0 Å². The van der Waals surface area contributed by atoms with E-state index < -0.39 is 269 Å². The van der Waals surface area contributed by atoms with Crippen molar-refractivity contribution in [2.24, 2.45) is 0 Å². The summed E-state index contributed by atoms with van der Waals surface area (Å²) in [7, 11) is 1.06. The van der Waals surface area contributed by atoms with Gasteiger partial charge in [-0.2, -0.15) is 19.9 Å². The smallest absolute Gasteiger partial charge is 0.351 e.